The van der Waals surface area contributed by atoms with E-state index in [0.717, 1.165) is 10.2 Å². The SMILES string of the molecule is N#Cc1ccccc1NC(=O)c1ccnc(Nc2cccc(Br)c2)n1. The van der Waals surface area contributed by atoms with Gasteiger partial charge in [0.15, 0.2) is 0 Å². The lowest BCUT2D eigenvalue weighted by Crippen LogP contribution is -2.15. The summed E-state index contributed by atoms with van der Waals surface area (Å²) in [6, 6.07) is 17.9. The van der Waals surface area contributed by atoms with E-state index in [0.29, 0.717) is 17.2 Å². The van der Waals surface area contributed by atoms with Crippen molar-refractivity contribution >= 4 is 39.2 Å². The molecule has 0 atom stereocenters. The first-order valence-corrected chi connectivity index (χ1v) is 8.11. The number of nitrogens with zero attached hydrogens (tertiary/aromatic N) is 3. The van der Waals surface area contributed by atoms with Gasteiger partial charge in [0.2, 0.25) is 5.95 Å². The predicted molar refractivity (Wildman–Crippen MR) is 98.6 cm³/mol. The van der Waals surface area contributed by atoms with E-state index in [2.05, 4.69) is 36.5 Å². The molecule has 0 bridgehead atoms. The monoisotopic (exact) mass is 393 g/mol. The lowest BCUT2D eigenvalue weighted by molar-refractivity contribution is 0.102. The molecular formula is C18H12BrN5O. The molecule has 0 unspecified atom stereocenters. The Kier molecular flexibility index (Phi) is 5.02. The van der Waals surface area contributed by atoms with E-state index in [9.17, 15) is 4.79 Å². The number of benzene rings is 2. The van der Waals surface area contributed by atoms with Crippen molar-refractivity contribution in [2.24, 2.45) is 0 Å². The number of rotatable bonds is 4. The molecule has 0 spiro atoms. The molecule has 0 aliphatic heterocycles. The van der Waals surface area contributed by atoms with Crippen LogP contribution < -0.4 is 10.6 Å². The van der Waals surface area contributed by atoms with Gasteiger partial charge in [-0.25, -0.2) is 9.97 Å². The normalized spacial score (nSPS) is 9.92. The van der Waals surface area contributed by atoms with Gasteiger partial charge in [0.1, 0.15) is 11.8 Å². The van der Waals surface area contributed by atoms with Crippen molar-refractivity contribution in [2.75, 3.05) is 10.6 Å². The molecule has 7 heteroatoms. The van der Waals surface area contributed by atoms with Gasteiger partial charge in [-0.3, -0.25) is 4.79 Å². The lowest BCUT2D eigenvalue weighted by atomic mass is 10.2. The second-order valence-electron chi connectivity index (χ2n) is 5.01. The van der Waals surface area contributed by atoms with Crippen LogP contribution in [0.3, 0.4) is 0 Å². The van der Waals surface area contributed by atoms with E-state index in [1.165, 1.54) is 12.3 Å². The minimum Gasteiger partial charge on any atom is -0.324 e. The molecule has 6 nitrogen and oxygen atoms in total. The predicted octanol–water partition coefficient (Wildman–Crippen LogP) is 4.11. The zero-order valence-corrected chi connectivity index (χ0v) is 14.5. The van der Waals surface area contributed by atoms with Crippen LogP contribution in [-0.2, 0) is 0 Å². The van der Waals surface area contributed by atoms with Crippen LogP contribution in [0.1, 0.15) is 16.1 Å². The van der Waals surface area contributed by atoms with Crippen LogP contribution in [0.4, 0.5) is 17.3 Å². The number of hydrogen-bond donors (Lipinski definition) is 2. The highest BCUT2D eigenvalue weighted by atomic mass is 79.9. The first kappa shape index (κ1) is 16.6. The summed E-state index contributed by atoms with van der Waals surface area (Å²) in [6.45, 7) is 0. The summed E-state index contributed by atoms with van der Waals surface area (Å²) in [5.74, 6) is -0.110. The summed E-state index contributed by atoms with van der Waals surface area (Å²) in [6.07, 6.45) is 1.50. The largest absolute Gasteiger partial charge is 0.324 e. The van der Waals surface area contributed by atoms with E-state index < -0.39 is 5.91 Å². The molecule has 122 valence electrons. The fourth-order valence-corrected chi connectivity index (χ4v) is 2.52. The number of para-hydroxylation sites is 1. The third kappa shape index (κ3) is 4.19. The number of hydrogen-bond acceptors (Lipinski definition) is 5. The zero-order valence-electron chi connectivity index (χ0n) is 12.9. The Morgan fingerprint density at radius 1 is 1.12 bits per heavy atom. The van der Waals surface area contributed by atoms with Gasteiger partial charge in [-0.1, -0.05) is 34.1 Å². The zero-order chi connectivity index (χ0) is 17.6. The molecule has 0 fully saturated rings. The first-order valence-electron chi connectivity index (χ1n) is 7.32. The summed E-state index contributed by atoms with van der Waals surface area (Å²) >= 11 is 3.39. The van der Waals surface area contributed by atoms with Gasteiger partial charge in [0, 0.05) is 16.4 Å². The quantitative estimate of drug-likeness (QED) is 0.695. The third-order valence-corrected chi connectivity index (χ3v) is 3.76. The highest BCUT2D eigenvalue weighted by Gasteiger charge is 2.11. The Balaban J connectivity index is 1.79. The maximum absolute atomic E-state index is 12.4. The maximum Gasteiger partial charge on any atom is 0.274 e. The summed E-state index contributed by atoms with van der Waals surface area (Å²) in [5, 5.41) is 14.8. The smallest absolute Gasteiger partial charge is 0.274 e. The Labute approximate surface area is 152 Å². The van der Waals surface area contributed by atoms with Gasteiger partial charge >= 0.3 is 0 Å². The summed E-state index contributed by atoms with van der Waals surface area (Å²) < 4.78 is 0.916. The number of nitriles is 1. The number of halogens is 1. The van der Waals surface area contributed by atoms with E-state index >= 15 is 0 Å². The minimum absolute atomic E-state index is 0.195. The molecule has 2 aromatic carbocycles. The van der Waals surface area contributed by atoms with Gasteiger partial charge < -0.3 is 10.6 Å². The summed E-state index contributed by atoms with van der Waals surface area (Å²) in [5.41, 5.74) is 1.81. The molecular weight excluding hydrogens is 382 g/mol. The molecule has 1 aromatic heterocycles. The van der Waals surface area contributed by atoms with Crippen molar-refractivity contribution < 1.29 is 4.79 Å². The van der Waals surface area contributed by atoms with Crippen LogP contribution in [0, 0.1) is 11.3 Å². The molecule has 2 N–H and O–H groups in total. The minimum atomic E-state index is -0.414. The van der Waals surface area contributed by atoms with Crippen LogP contribution in [0.5, 0.6) is 0 Å². The first-order chi connectivity index (χ1) is 12.2. The molecule has 1 heterocycles. The van der Waals surface area contributed by atoms with Crippen LogP contribution >= 0.6 is 15.9 Å². The van der Waals surface area contributed by atoms with Gasteiger partial charge in [-0.05, 0) is 36.4 Å². The number of aromatic nitrogens is 2. The molecule has 0 aliphatic rings. The number of amides is 1. The molecule has 25 heavy (non-hydrogen) atoms. The van der Waals surface area contributed by atoms with Crippen molar-refractivity contribution in [2.45, 2.75) is 0 Å². The molecule has 0 saturated carbocycles. The second kappa shape index (κ2) is 7.55. The maximum atomic E-state index is 12.4. The highest BCUT2D eigenvalue weighted by Crippen LogP contribution is 2.19. The fraction of sp³-hybridized carbons (Fsp3) is 0. The molecule has 0 radical (unpaired) electrons. The average molecular weight is 394 g/mol. The van der Waals surface area contributed by atoms with Crippen molar-refractivity contribution in [3.05, 3.63) is 76.5 Å². The second-order valence-corrected chi connectivity index (χ2v) is 5.93. The van der Waals surface area contributed by atoms with E-state index in [4.69, 9.17) is 5.26 Å². The summed E-state index contributed by atoms with van der Waals surface area (Å²) in [7, 11) is 0. The average Bonchev–Trinajstić information content (AvgIpc) is 2.62. The Hall–Kier alpha value is -3.24. The molecule has 3 rings (SSSR count). The van der Waals surface area contributed by atoms with Crippen LogP contribution in [0.2, 0.25) is 0 Å². The van der Waals surface area contributed by atoms with Crippen LogP contribution in [0.15, 0.2) is 65.3 Å². The highest BCUT2D eigenvalue weighted by molar-refractivity contribution is 9.10. The van der Waals surface area contributed by atoms with Crippen molar-refractivity contribution in [1.82, 2.24) is 9.97 Å². The van der Waals surface area contributed by atoms with Gasteiger partial charge in [0.05, 0.1) is 11.3 Å². The Morgan fingerprint density at radius 3 is 2.76 bits per heavy atom. The van der Waals surface area contributed by atoms with Crippen LogP contribution in [-0.4, -0.2) is 15.9 Å². The molecule has 3 aromatic rings. The number of carbonyl (C=O) groups excluding carboxylic acids is 1. The van der Waals surface area contributed by atoms with Crippen molar-refractivity contribution in [1.29, 1.82) is 5.26 Å². The van der Waals surface area contributed by atoms with Gasteiger partial charge in [-0.2, -0.15) is 5.26 Å². The Morgan fingerprint density at radius 2 is 1.96 bits per heavy atom. The number of anilines is 3. The topological polar surface area (TPSA) is 90.7 Å². The molecule has 0 saturated heterocycles. The van der Waals surface area contributed by atoms with E-state index in [1.807, 2.05) is 30.3 Å². The Bertz CT molecular complexity index is 967. The van der Waals surface area contributed by atoms with Gasteiger partial charge in [-0.15, -0.1) is 0 Å². The van der Waals surface area contributed by atoms with Crippen molar-refractivity contribution in [3.8, 4) is 6.07 Å². The molecule has 0 aliphatic carbocycles. The van der Waals surface area contributed by atoms with Crippen LogP contribution in [0.25, 0.3) is 0 Å². The number of carbonyl (C=O) groups is 1. The fourth-order valence-electron chi connectivity index (χ4n) is 2.12. The van der Waals surface area contributed by atoms with Crippen molar-refractivity contribution in [3.63, 3.8) is 0 Å². The third-order valence-electron chi connectivity index (χ3n) is 3.26. The van der Waals surface area contributed by atoms with Gasteiger partial charge in [0.25, 0.3) is 5.91 Å². The van der Waals surface area contributed by atoms with E-state index in [-0.39, 0.29) is 5.69 Å². The number of nitrogens with one attached hydrogen (secondary N) is 2. The molecule has 1 amide bonds. The summed E-state index contributed by atoms with van der Waals surface area (Å²) in [4.78, 5) is 20.7. The standard InChI is InChI=1S/C18H12BrN5O/c19-13-5-3-6-14(10-13)22-18-21-9-8-16(24-18)17(25)23-15-7-2-1-4-12(15)11-20/h1-10H,(H,23,25)(H,21,22,24). The lowest BCUT2D eigenvalue weighted by Gasteiger charge is -2.08. The van der Waals surface area contributed by atoms with E-state index in [1.54, 1.807) is 24.3 Å².